The van der Waals surface area contributed by atoms with E-state index in [9.17, 15) is 9.59 Å². The van der Waals surface area contributed by atoms with Crippen molar-refractivity contribution < 1.29 is 14.3 Å². The van der Waals surface area contributed by atoms with E-state index in [0.717, 1.165) is 0 Å². The van der Waals surface area contributed by atoms with Crippen LogP contribution in [0.3, 0.4) is 0 Å². The van der Waals surface area contributed by atoms with E-state index >= 15 is 0 Å². The van der Waals surface area contributed by atoms with E-state index in [2.05, 4.69) is 5.32 Å². The van der Waals surface area contributed by atoms with Crippen LogP contribution in [0.25, 0.3) is 0 Å². The molecule has 0 bridgehead atoms. The Balaban J connectivity index is 1.84. The third-order valence-corrected chi connectivity index (χ3v) is 4.43. The summed E-state index contributed by atoms with van der Waals surface area (Å²) < 4.78 is 5.54. The fourth-order valence-corrected chi connectivity index (χ4v) is 2.97. The van der Waals surface area contributed by atoms with Crippen LogP contribution in [0.15, 0.2) is 36.4 Å². The Hall–Kier alpha value is -1.95. The molecule has 0 fully saturated rings. The first-order valence-corrected chi connectivity index (χ1v) is 8.51. The van der Waals surface area contributed by atoms with Crippen LogP contribution in [0.5, 0.6) is 5.75 Å². The Morgan fingerprint density at radius 2 is 1.84 bits per heavy atom. The minimum atomic E-state index is -0.698. The van der Waals surface area contributed by atoms with Gasteiger partial charge in [-0.1, -0.05) is 34.8 Å². The van der Waals surface area contributed by atoms with Crippen LogP contribution in [0.4, 0.5) is 11.4 Å². The number of nitrogens with zero attached hydrogens (tertiary/aromatic N) is 1. The van der Waals surface area contributed by atoms with Crippen molar-refractivity contribution in [3.8, 4) is 5.75 Å². The van der Waals surface area contributed by atoms with Gasteiger partial charge in [-0.2, -0.15) is 0 Å². The summed E-state index contributed by atoms with van der Waals surface area (Å²) in [6.45, 7) is 1.42. The number of nitrogens with one attached hydrogen (secondary N) is 1. The lowest BCUT2D eigenvalue weighted by Gasteiger charge is -2.32. The summed E-state index contributed by atoms with van der Waals surface area (Å²) in [7, 11) is 0. The summed E-state index contributed by atoms with van der Waals surface area (Å²) in [5.41, 5.74) is 0.821. The molecule has 5 nitrogen and oxygen atoms in total. The first-order valence-electron chi connectivity index (χ1n) is 7.37. The molecule has 0 aromatic heterocycles. The number of anilines is 2. The van der Waals surface area contributed by atoms with Gasteiger partial charge in [-0.05, 0) is 43.3 Å². The number of hydrogen-bond acceptors (Lipinski definition) is 3. The highest BCUT2D eigenvalue weighted by atomic mass is 35.5. The Morgan fingerprint density at radius 3 is 2.60 bits per heavy atom. The molecule has 0 spiro atoms. The van der Waals surface area contributed by atoms with Gasteiger partial charge in [-0.25, -0.2) is 0 Å². The second kappa shape index (κ2) is 7.12. The molecule has 1 heterocycles. The van der Waals surface area contributed by atoms with Crippen molar-refractivity contribution in [2.24, 2.45) is 0 Å². The van der Waals surface area contributed by atoms with Gasteiger partial charge in [-0.15, -0.1) is 0 Å². The number of rotatable bonds is 3. The maximum atomic E-state index is 12.4. The molecule has 130 valence electrons. The molecule has 1 aliphatic rings. The Labute approximate surface area is 159 Å². The fourth-order valence-electron chi connectivity index (χ4n) is 2.47. The Morgan fingerprint density at radius 1 is 1.16 bits per heavy atom. The zero-order valence-electron chi connectivity index (χ0n) is 13.1. The SMILES string of the molecule is CC1Oc2ccc(Cl)cc2N(CC(=O)Nc2cc(Cl)ccc2Cl)C1=O. The van der Waals surface area contributed by atoms with Crippen LogP contribution in [-0.4, -0.2) is 24.5 Å². The van der Waals surface area contributed by atoms with Gasteiger partial charge < -0.3 is 10.1 Å². The van der Waals surface area contributed by atoms with Gasteiger partial charge in [0.1, 0.15) is 12.3 Å². The Bertz CT molecular complexity index is 857. The standard InChI is InChI=1S/C17H13Cl3N2O3/c1-9-17(24)22(14-7-11(19)3-5-15(14)25-9)8-16(23)21-13-6-10(18)2-4-12(13)20/h2-7,9H,8H2,1H3,(H,21,23). The first kappa shape index (κ1) is 17.9. The fraction of sp³-hybridized carbons (Fsp3) is 0.176. The highest BCUT2D eigenvalue weighted by Gasteiger charge is 2.33. The predicted octanol–water partition coefficient (Wildman–Crippen LogP) is 4.40. The van der Waals surface area contributed by atoms with Gasteiger partial charge in [-0.3, -0.25) is 14.5 Å². The van der Waals surface area contributed by atoms with Crippen molar-refractivity contribution in [1.29, 1.82) is 0 Å². The average Bonchev–Trinajstić information content (AvgIpc) is 2.56. The van der Waals surface area contributed by atoms with Crippen LogP contribution in [0, 0.1) is 0 Å². The maximum absolute atomic E-state index is 12.4. The largest absolute Gasteiger partial charge is 0.479 e. The molecule has 3 rings (SSSR count). The van der Waals surface area contributed by atoms with Gasteiger partial charge >= 0.3 is 0 Å². The van der Waals surface area contributed by atoms with Crippen molar-refractivity contribution >= 4 is 58.0 Å². The maximum Gasteiger partial charge on any atom is 0.268 e. The van der Waals surface area contributed by atoms with E-state index in [-0.39, 0.29) is 12.5 Å². The lowest BCUT2D eigenvalue weighted by molar-refractivity contribution is -0.127. The van der Waals surface area contributed by atoms with Crippen LogP contribution >= 0.6 is 34.8 Å². The van der Waals surface area contributed by atoms with Crippen molar-refractivity contribution in [3.63, 3.8) is 0 Å². The van der Waals surface area contributed by atoms with Gasteiger partial charge in [0.15, 0.2) is 6.10 Å². The van der Waals surface area contributed by atoms with Gasteiger partial charge in [0, 0.05) is 10.0 Å². The van der Waals surface area contributed by atoms with Gasteiger partial charge in [0.25, 0.3) is 5.91 Å². The highest BCUT2D eigenvalue weighted by Crippen LogP contribution is 2.36. The molecule has 0 radical (unpaired) electrons. The molecule has 2 aromatic carbocycles. The van der Waals surface area contributed by atoms with Crippen molar-refractivity contribution in [2.45, 2.75) is 13.0 Å². The number of amides is 2. The number of ether oxygens (including phenoxy) is 1. The number of halogens is 3. The minimum absolute atomic E-state index is 0.206. The molecule has 1 N–H and O–H groups in total. The normalized spacial score (nSPS) is 16.2. The smallest absolute Gasteiger partial charge is 0.268 e. The molecular formula is C17H13Cl3N2O3. The quantitative estimate of drug-likeness (QED) is 0.832. The molecule has 25 heavy (non-hydrogen) atoms. The third-order valence-electron chi connectivity index (χ3n) is 3.63. The van der Waals surface area contributed by atoms with Crippen molar-refractivity contribution in [2.75, 3.05) is 16.8 Å². The number of carbonyl (C=O) groups excluding carboxylic acids is 2. The summed E-state index contributed by atoms with van der Waals surface area (Å²) in [5, 5.41) is 3.88. The molecule has 1 unspecified atom stereocenters. The lowest BCUT2D eigenvalue weighted by Crippen LogP contribution is -2.47. The summed E-state index contributed by atoms with van der Waals surface area (Å²) in [6.07, 6.45) is -0.698. The van der Waals surface area contributed by atoms with E-state index < -0.39 is 12.0 Å². The number of benzene rings is 2. The lowest BCUT2D eigenvalue weighted by atomic mass is 10.2. The molecular weight excluding hydrogens is 387 g/mol. The second-order valence-corrected chi connectivity index (χ2v) is 6.75. The minimum Gasteiger partial charge on any atom is -0.479 e. The van der Waals surface area contributed by atoms with E-state index in [1.807, 2.05) is 0 Å². The van der Waals surface area contributed by atoms with E-state index in [0.29, 0.717) is 32.2 Å². The monoisotopic (exact) mass is 398 g/mol. The van der Waals surface area contributed by atoms with E-state index in [1.165, 1.54) is 11.0 Å². The van der Waals surface area contributed by atoms with Crippen molar-refractivity contribution in [1.82, 2.24) is 0 Å². The molecule has 1 atom stereocenters. The molecule has 2 amide bonds. The van der Waals surface area contributed by atoms with Gasteiger partial charge in [0.2, 0.25) is 5.91 Å². The molecule has 0 aliphatic carbocycles. The van der Waals surface area contributed by atoms with Gasteiger partial charge in [0.05, 0.1) is 16.4 Å². The Kier molecular flexibility index (Phi) is 5.08. The van der Waals surface area contributed by atoms with Crippen molar-refractivity contribution in [3.05, 3.63) is 51.5 Å². The van der Waals surface area contributed by atoms with Crippen LogP contribution in [0.2, 0.25) is 15.1 Å². The van der Waals surface area contributed by atoms with Crippen LogP contribution in [0.1, 0.15) is 6.92 Å². The van der Waals surface area contributed by atoms with Crippen LogP contribution in [-0.2, 0) is 9.59 Å². The number of carbonyl (C=O) groups is 2. The van der Waals surface area contributed by atoms with E-state index in [4.69, 9.17) is 39.5 Å². The summed E-state index contributed by atoms with van der Waals surface area (Å²) in [5.74, 6) is -0.260. The predicted molar refractivity (Wildman–Crippen MR) is 99.0 cm³/mol. The molecule has 0 saturated heterocycles. The molecule has 0 saturated carbocycles. The average molecular weight is 400 g/mol. The zero-order chi connectivity index (χ0) is 18.1. The van der Waals surface area contributed by atoms with E-state index in [1.54, 1.807) is 37.3 Å². The molecule has 1 aliphatic heterocycles. The molecule has 8 heteroatoms. The highest BCUT2D eigenvalue weighted by molar-refractivity contribution is 6.35. The van der Waals surface area contributed by atoms with Crippen LogP contribution < -0.4 is 15.0 Å². The number of hydrogen-bond donors (Lipinski definition) is 1. The summed E-state index contributed by atoms with van der Waals surface area (Å²) in [4.78, 5) is 26.2. The summed E-state index contributed by atoms with van der Waals surface area (Å²) in [6, 6.07) is 9.64. The molecule has 2 aromatic rings. The third kappa shape index (κ3) is 3.84. The number of fused-ring (bicyclic) bond motifs is 1. The first-order chi connectivity index (χ1) is 11.8. The topological polar surface area (TPSA) is 58.6 Å². The summed E-state index contributed by atoms with van der Waals surface area (Å²) >= 11 is 18.0. The second-order valence-electron chi connectivity index (χ2n) is 5.47. The zero-order valence-corrected chi connectivity index (χ0v) is 15.3.